The molecule has 0 bridgehead atoms. The summed E-state index contributed by atoms with van der Waals surface area (Å²) in [6, 6.07) is 21.9. The smallest absolute Gasteiger partial charge is 0.0644 e. The summed E-state index contributed by atoms with van der Waals surface area (Å²) >= 11 is 13.7. The average Bonchev–Trinajstić information content (AvgIpc) is 2.59. The molecule has 0 aliphatic rings. The summed E-state index contributed by atoms with van der Waals surface area (Å²) in [5.41, 5.74) is 2.96. The normalized spacial score (nSPS) is 11.1. The van der Waals surface area contributed by atoms with E-state index in [-0.39, 0.29) is 0 Å². The van der Waals surface area contributed by atoms with Gasteiger partial charge in [-0.15, -0.1) is 0 Å². The van der Waals surface area contributed by atoms with Crippen LogP contribution in [0.2, 0.25) is 10.0 Å². The molecular weight excluding hydrogens is 357 g/mol. The molecule has 0 aliphatic carbocycles. The first-order valence-electron chi connectivity index (χ1n) is 7.44. The molecule has 0 amide bonds. The first-order chi connectivity index (χ1) is 11.6. The molecule has 0 heterocycles. The van der Waals surface area contributed by atoms with Crippen LogP contribution in [0, 0.1) is 6.92 Å². The van der Waals surface area contributed by atoms with Crippen molar-refractivity contribution in [3.8, 4) is 0 Å². The van der Waals surface area contributed by atoms with Gasteiger partial charge in [0.05, 0.1) is 5.69 Å². The third-order valence-corrected chi connectivity index (χ3v) is 5.12. The Labute approximate surface area is 156 Å². The lowest BCUT2D eigenvalue weighted by atomic mass is 10.2. The monoisotopic (exact) mass is 371 g/mol. The zero-order chi connectivity index (χ0) is 16.9. The van der Waals surface area contributed by atoms with Crippen LogP contribution in [0.15, 0.2) is 81.5 Å². The van der Waals surface area contributed by atoms with Crippen molar-refractivity contribution in [3.63, 3.8) is 0 Å². The van der Waals surface area contributed by atoms with Crippen molar-refractivity contribution < 1.29 is 0 Å². The van der Waals surface area contributed by atoms with Crippen molar-refractivity contribution in [2.24, 2.45) is 4.99 Å². The fourth-order valence-electron chi connectivity index (χ4n) is 2.07. The molecule has 1 nitrogen and oxygen atoms in total. The van der Waals surface area contributed by atoms with Gasteiger partial charge in [-0.25, -0.2) is 0 Å². The summed E-state index contributed by atoms with van der Waals surface area (Å²) in [4.78, 5) is 6.81. The zero-order valence-electron chi connectivity index (χ0n) is 13.0. The molecule has 3 rings (SSSR count). The van der Waals surface area contributed by atoms with Crippen LogP contribution in [-0.4, -0.2) is 6.21 Å². The molecule has 3 aromatic rings. The minimum absolute atomic E-state index is 0.736. The second kappa shape index (κ2) is 7.89. The van der Waals surface area contributed by atoms with Gasteiger partial charge in [0.15, 0.2) is 0 Å². The van der Waals surface area contributed by atoms with Gasteiger partial charge in [-0.3, -0.25) is 4.99 Å². The molecule has 0 fully saturated rings. The second-order valence-electron chi connectivity index (χ2n) is 5.32. The van der Waals surface area contributed by atoms with Crippen molar-refractivity contribution in [2.75, 3.05) is 0 Å². The van der Waals surface area contributed by atoms with Gasteiger partial charge in [0.1, 0.15) is 0 Å². The predicted molar refractivity (Wildman–Crippen MR) is 105 cm³/mol. The van der Waals surface area contributed by atoms with Gasteiger partial charge in [-0.2, -0.15) is 0 Å². The molecule has 0 atom stereocenters. The minimum Gasteiger partial charge on any atom is -0.256 e. The Morgan fingerprint density at radius 2 is 1.46 bits per heavy atom. The topological polar surface area (TPSA) is 12.4 Å². The van der Waals surface area contributed by atoms with E-state index in [1.807, 2.05) is 55.6 Å². The minimum atomic E-state index is 0.736. The highest BCUT2D eigenvalue weighted by Gasteiger charge is 1.99. The third kappa shape index (κ3) is 4.64. The highest BCUT2D eigenvalue weighted by molar-refractivity contribution is 7.99. The van der Waals surface area contributed by atoms with Gasteiger partial charge in [-0.1, -0.05) is 53.2 Å². The van der Waals surface area contributed by atoms with Gasteiger partial charge >= 0.3 is 0 Å². The van der Waals surface area contributed by atoms with Gasteiger partial charge in [0, 0.05) is 26.1 Å². The van der Waals surface area contributed by atoms with Crippen molar-refractivity contribution in [3.05, 3.63) is 87.9 Å². The predicted octanol–water partition coefficient (Wildman–Crippen LogP) is 7.20. The molecule has 0 spiro atoms. The Balaban J connectivity index is 1.68. The summed E-state index contributed by atoms with van der Waals surface area (Å²) < 4.78 is 0. The van der Waals surface area contributed by atoms with Crippen LogP contribution < -0.4 is 0 Å². The first kappa shape index (κ1) is 17.1. The van der Waals surface area contributed by atoms with Gasteiger partial charge in [0.2, 0.25) is 0 Å². The molecular formula is C20H15Cl2NS. The van der Waals surface area contributed by atoms with Crippen molar-refractivity contribution in [2.45, 2.75) is 16.7 Å². The van der Waals surface area contributed by atoms with E-state index in [9.17, 15) is 0 Å². The number of hydrogen-bond acceptors (Lipinski definition) is 2. The van der Waals surface area contributed by atoms with E-state index in [1.165, 1.54) is 4.90 Å². The molecule has 0 saturated heterocycles. The summed E-state index contributed by atoms with van der Waals surface area (Å²) in [6.45, 7) is 1.98. The molecule has 4 heteroatoms. The van der Waals surface area contributed by atoms with E-state index >= 15 is 0 Å². The maximum Gasteiger partial charge on any atom is 0.0644 e. The molecule has 0 N–H and O–H groups in total. The van der Waals surface area contributed by atoms with E-state index in [1.54, 1.807) is 11.8 Å². The lowest BCUT2D eigenvalue weighted by Crippen LogP contribution is -1.81. The average molecular weight is 372 g/mol. The van der Waals surface area contributed by atoms with Crippen LogP contribution in [0.25, 0.3) is 0 Å². The maximum atomic E-state index is 6.12. The van der Waals surface area contributed by atoms with Crippen LogP contribution in [-0.2, 0) is 0 Å². The highest BCUT2D eigenvalue weighted by atomic mass is 35.5. The van der Waals surface area contributed by atoms with E-state index in [0.29, 0.717) is 0 Å². The molecule has 0 unspecified atom stereocenters. The molecule has 0 radical (unpaired) electrons. The summed E-state index contributed by atoms with van der Waals surface area (Å²) in [5.74, 6) is 0. The van der Waals surface area contributed by atoms with E-state index in [4.69, 9.17) is 23.2 Å². The number of benzene rings is 3. The number of hydrogen-bond donors (Lipinski definition) is 0. The van der Waals surface area contributed by atoms with Crippen LogP contribution in [0.3, 0.4) is 0 Å². The zero-order valence-corrected chi connectivity index (χ0v) is 15.4. The highest BCUT2D eigenvalue weighted by Crippen LogP contribution is 2.28. The Morgan fingerprint density at radius 1 is 0.833 bits per heavy atom. The Kier molecular flexibility index (Phi) is 5.62. The quantitative estimate of drug-likeness (QED) is 0.441. The number of rotatable bonds is 4. The van der Waals surface area contributed by atoms with Crippen LogP contribution >= 0.6 is 35.0 Å². The number of halogens is 2. The van der Waals surface area contributed by atoms with Crippen molar-refractivity contribution in [1.82, 2.24) is 0 Å². The van der Waals surface area contributed by atoms with Crippen LogP contribution in [0.5, 0.6) is 0 Å². The molecule has 120 valence electrons. The third-order valence-electron chi connectivity index (χ3n) is 3.45. The van der Waals surface area contributed by atoms with Gasteiger partial charge in [-0.05, 0) is 66.6 Å². The van der Waals surface area contributed by atoms with E-state index < -0.39 is 0 Å². The van der Waals surface area contributed by atoms with Crippen LogP contribution in [0.4, 0.5) is 5.69 Å². The summed E-state index contributed by atoms with van der Waals surface area (Å²) in [5, 5.41) is 1.49. The number of aliphatic imine (C=N–C) groups is 1. The maximum absolute atomic E-state index is 6.12. The first-order valence-corrected chi connectivity index (χ1v) is 9.01. The standard InChI is InChI=1S/C20H15Cl2NS/c1-14-2-7-17(12-20(14)22)23-13-15-3-8-18(9-4-15)24-19-10-5-16(21)6-11-19/h2-13H,1H3. The molecule has 0 aromatic heterocycles. The SMILES string of the molecule is Cc1ccc(N=Cc2ccc(Sc3ccc(Cl)cc3)cc2)cc1Cl. The molecule has 24 heavy (non-hydrogen) atoms. The van der Waals surface area contributed by atoms with Gasteiger partial charge in [0.25, 0.3) is 0 Å². The van der Waals surface area contributed by atoms with Crippen molar-refractivity contribution >= 4 is 46.9 Å². The second-order valence-corrected chi connectivity index (χ2v) is 7.31. The van der Waals surface area contributed by atoms with Crippen LogP contribution in [0.1, 0.15) is 11.1 Å². The van der Waals surface area contributed by atoms with E-state index in [0.717, 1.165) is 31.8 Å². The van der Waals surface area contributed by atoms with Gasteiger partial charge < -0.3 is 0 Å². The Bertz CT molecular complexity index is 856. The molecule has 0 aliphatic heterocycles. The number of aryl methyl sites for hydroxylation is 1. The Morgan fingerprint density at radius 3 is 2.08 bits per heavy atom. The lowest BCUT2D eigenvalue weighted by Gasteiger charge is -2.02. The van der Waals surface area contributed by atoms with Crippen molar-refractivity contribution in [1.29, 1.82) is 0 Å². The number of nitrogens with zero attached hydrogens (tertiary/aromatic N) is 1. The molecule has 3 aromatic carbocycles. The largest absolute Gasteiger partial charge is 0.256 e. The molecule has 0 saturated carbocycles. The fourth-order valence-corrected chi connectivity index (χ4v) is 3.19. The van der Waals surface area contributed by atoms with E-state index in [2.05, 4.69) is 29.3 Å². The summed E-state index contributed by atoms with van der Waals surface area (Å²) in [7, 11) is 0. The Hall–Kier alpha value is -1.74. The lowest BCUT2D eigenvalue weighted by molar-refractivity contribution is 1.40. The fraction of sp³-hybridized carbons (Fsp3) is 0.0500. The summed E-state index contributed by atoms with van der Waals surface area (Å²) in [6.07, 6.45) is 1.84.